The average Bonchev–Trinajstić information content (AvgIpc) is 3.07. The first-order valence-electron chi connectivity index (χ1n) is 8.76. The van der Waals surface area contributed by atoms with E-state index in [2.05, 4.69) is 77.2 Å². The third-order valence-electron chi connectivity index (χ3n) is 5.52. The predicted octanol–water partition coefficient (Wildman–Crippen LogP) is 5.14. The maximum atomic E-state index is 4.97. The fourth-order valence-corrected chi connectivity index (χ4v) is 4.37. The number of rotatable bonds is 0. The normalized spacial score (nSPS) is 13.3. The summed E-state index contributed by atoms with van der Waals surface area (Å²) in [7, 11) is 0. The number of hydrogen-bond acceptors (Lipinski definition) is 1. The van der Waals surface area contributed by atoms with Crippen LogP contribution >= 0.6 is 0 Å². The van der Waals surface area contributed by atoms with Crippen molar-refractivity contribution in [1.29, 1.82) is 0 Å². The lowest BCUT2D eigenvalue weighted by Gasteiger charge is -2.23. The van der Waals surface area contributed by atoms with Crippen molar-refractivity contribution < 1.29 is 0 Å². The van der Waals surface area contributed by atoms with Gasteiger partial charge in [0.05, 0.1) is 11.0 Å². The summed E-state index contributed by atoms with van der Waals surface area (Å²) in [6.07, 6.45) is 1.96. The molecule has 0 fully saturated rings. The molecule has 2 aromatic heterocycles. The van der Waals surface area contributed by atoms with E-state index in [9.17, 15) is 0 Å². The first kappa shape index (κ1) is 13.2. The Labute approximate surface area is 145 Å². The van der Waals surface area contributed by atoms with Crippen LogP contribution in [0.4, 0.5) is 0 Å². The van der Waals surface area contributed by atoms with Gasteiger partial charge in [-0.05, 0) is 34.2 Å². The molecule has 3 aromatic carbocycles. The zero-order chi connectivity index (χ0) is 16.4. The fraction of sp³-hybridized carbons (Fsp3) is 0.0870. The van der Waals surface area contributed by atoms with Crippen LogP contribution in [-0.4, -0.2) is 9.38 Å². The molecule has 0 saturated heterocycles. The molecule has 0 bridgehead atoms. The number of imidazole rings is 1. The second-order valence-corrected chi connectivity index (χ2v) is 6.85. The van der Waals surface area contributed by atoms with Gasteiger partial charge in [-0.2, -0.15) is 0 Å². The molecule has 0 atom stereocenters. The molecule has 6 rings (SSSR count). The largest absolute Gasteiger partial charge is 0.295 e. The number of benzene rings is 3. The summed E-state index contributed by atoms with van der Waals surface area (Å²) in [4.78, 5) is 4.97. The molecular formula is C23H16N2. The number of nitrogens with zero attached hydrogens (tertiary/aromatic N) is 2. The molecule has 118 valence electrons. The number of fused-ring (bicyclic) bond motifs is 9. The highest BCUT2D eigenvalue weighted by Gasteiger charge is 2.22. The molecule has 2 heteroatoms. The van der Waals surface area contributed by atoms with Crippen molar-refractivity contribution in [2.45, 2.75) is 12.8 Å². The number of hydrogen-bond donors (Lipinski definition) is 0. The van der Waals surface area contributed by atoms with Crippen molar-refractivity contribution in [2.75, 3.05) is 0 Å². The van der Waals surface area contributed by atoms with Crippen LogP contribution in [-0.2, 0) is 12.8 Å². The van der Waals surface area contributed by atoms with Gasteiger partial charge in [0.25, 0.3) is 0 Å². The van der Waals surface area contributed by atoms with Gasteiger partial charge in [0, 0.05) is 23.9 Å². The fourth-order valence-electron chi connectivity index (χ4n) is 4.37. The molecule has 25 heavy (non-hydrogen) atoms. The Morgan fingerprint density at radius 2 is 1.36 bits per heavy atom. The van der Waals surface area contributed by atoms with Crippen LogP contribution in [0.2, 0.25) is 0 Å². The summed E-state index contributed by atoms with van der Waals surface area (Å²) >= 11 is 0. The summed E-state index contributed by atoms with van der Waals surface area (Å²) < 4.78 is 2.39. The van der Waals surface area contributed by atoms with E-state index in [1.807, 2.05) is 0 Å². The third-order valence-corrected chi connectivity index (χ3v) is 5.52. The van der Waals surface area contributed by atoms with Crippen LogP contribution in [0.3, 0.4) is 0 Å². The number of para-hydroxylation sites is 2. The minimum absolute atomic E-state index is 0.965. The summed E-state index contributed by atoms with van der Waals surface area (Å²) in [5, 5.41) is 2.59. The highest BCUT2D eigenvalue weighted by atomic mass is 15.0. The van der Waals surface area contributed by atoms with E-state index in [4.69, 9.17) is 4.98 Å². The molecule has 0 saturated carbocycles. The summed E-state index contributed by atoms with van der Waals surface area (Å²) in [5.41, 5.74) is 9.08. The SMILES string of the molecule is c1ccc2c(c1)Cc1c(n3c4ccccc4nc3c3ccccc13)C2. The molecule has 2 nitrogen and oxygen atoms in total. The Morgan fingerprint density at radius 1 is 0.680 bits per heavy atom. The topological polar surface area (TPSA) is 17.3 Å². The van der Waals surface area contributed by atoms with Crippen LogP contribution in [0.5, 0.6) is 0 Å². The van der Waals surface area contributed by atoms with Crippen molar-refractivity contribution in [3.63, 3.8) is 0 Å². The molecule has 0 aliphatic heterocycles. The minimum atomic E-state index is 0.965. The Balaban J connectivity index is 1.84. The summed E-state index contributed by atoms with van der Waals surface area (Å²) in [6, 6.07) is 26.0. The Hall–Kier alpha value is -3.13. The van der Waals surface area contributed by atoms with Gasteiger partial charge in [-0.3, -0.25) is 4.40 Å². The van der Waals surface area contributed by atoms with E-state index in [-0.39, 0.29) is 0 Å². The minimum Gasteiger partial charge on any atom is -0.295 e. The molecule has 0 radical (unpaired) electrons. The van der Waals surface area contributed by atoms with E-state index >= 15 is 0 Å². The van der Waals surface area contributed by atoms with Crippen molar-refractivity contribution >= 4 is 27.5 Å². The molecule has 0 N–H and O–H groups in total. The van der Waals surface area contributed by atoms with Gasteiger partial charge in [0.1, 0.15) is 5.65 Å². The molecule has 0 spiro atoms. The lowest BCUT2D eigenvalue weighted by atomic mass is 9.86. The maximum absolute atomic E-state index is 4.97. The first-order valence-corrected chi connectivity index (χ1v) is 8.76. The lowest BCUT2D eigenvalue weighted by Crippen LogP contribution is -2.12. The van der Waals surface area contributed by atoms with E-state index in [0.29, 0.717) is 0 Å². The van der Waals surface area contributed by atoms with Gasteiger partial charge >= 0.3 is 0 Å². The zero-order valence-corrected chi connectivity index (χ0v) is 13.7. The van der Waals surface area contributed by atoms with Crippen molar-refractivity contribution in [3.8, 4) is 0 Å². The van der Waals surface area contributed by atoms with Gasteiger partial charge in [-0.1, -0.05) is 60.7 Å². The Kier molecular flexibility index (Phi) is 2.48. The van der Waals surface area contributed by atoms with Gasteiger partial charge in [-0.15, -0.1) is 0 Å². The maximum Gasteiger partial charge on any atom is 0.146 e. The molecule has 2 heterocycles. The van der Waals surface area contributed by atoms with E-state index in [1.165, 1.54) is 38.7 Å². The average molecular weight is 320 g/mol. The van der Waals surface area contributed by atoms with E-state index < -0.39 is 0 Å². The van der Waals surface area contributed by atoms with Gasteiger partial charge in [-0.25, -0.2) is 4.98 Å². The van der Waals surface area contributed by atoms with Crippen LogP contribution < -0.4 is 0 Å². The van der Waals surface area contributed by atoms with Crippen LogP contribution in [0.15, 0.2) is 72.8 Å². The Bertz CT molecular complexity index is 1290. The highest BCUT2D eigenvalue weighted by Crippen LogP contribution is 2.36. The first-order chi connectivity index (χ1) is 12.4. The predicted molar refractivity (Wildman–Crippen MR) is 102 cm³/mol. The highest BCUT2D eigenvalue weighted by molar-refractivity contribution is 6.01. The lowest BCUT2D eigenvalue weighted by molar-refractivity contribution is 0.933. The van der Waals surface area contributed by atoms with Crippen LogP contribution in [0, 0.1) is 0 Å². The molecule has 0 unspecified atom stereocenters. The zero-order valence-electron chi connectivity index (χ0n) is 13.7. The third kappa shape index (κ3) is 1.71. The van der Waals surface area contributed by atoms with Gasteiger partial charge in [0.15, 0.2) is 0 Å². The van der Waals surface area contributed by atoms with E-state index in [0.717, 1.165) is 24.0 Å². The second kappa shape index (κ2) is 4.70. The Morgan fingerprint density at radius 3 is 2.24 bits per heavy atom. The molecular weight excluding hydrogens is 304 g/mol. The van der Waals surface area contributed by atoms with Gasteiger partial charge < -0.3 is 0 Å². The monoisotopic (exact) mass is 320 g/mol. The molecule has 0 amide bonds. The summed E-state index contributed by atoms with van der Waals surface area (Å²) in [6.45, 7) is 0. The van der Waals surface area contributed by atoms with Gasteiger partial charge in [0.2, 0.25) is 0 Å². The molecule has 5 aromatic rings. The molecule has 1 aliphatic rings. The second-order valence-electron chi connectivity index (χ2n) is 6.85. The van der Waals surface area contributed by atoms with Crippen molar-refractivity contribution in [1.82, 2.24) is 9.38 Å². The standard InChI is InChI=1S/C23H16N2/c1-2-8-16-14-22-19(13-15(16)7-1)17-9-3-4-10-18(17)23-24-20-11-5-6-12-21(20)25(22)23/h1-12H,13-14H2. The van der Waals surface area contributed by atoms with Crippen LogP contribution in [0.25, 0.3) is 27.5 Å². The quantitative estimate of drug-likeness (QED) is 0.379. The number of pyridine rings is 1. The van der Waals surface area contributed by atoms with Crippen molar-refractivity contribution in [2.24, 2.45) is 0 Å². The summed E-state index contributed by atoms with van der Waals surface area (Å²) in [5.74, 6) is 0. The molecule has 1 aliphatic carbocycles. The van der Waals surface area contributed by atoms with Crippen molar-refractivity contribution in [3.05, 3.63) is 95.2 Å². The number of aromatic nitrogens is 2. The van der Waals surface area contributed by atoms with E-state index in [1.54, 1.807) is 0 Å². The van der Waals surface area contributed by atoms with Crippen LogP contribution in [0.1, 0.15) is 22.4 Å². The smallest absolute Gasteiger partial charge is 0.146 e.